The van der Waals surface area contributed by atoms with E-state index < -0.39 is 0 Å². The van der Waals surface area contributed by atoms with Gasteiger partial charge < -0.3 is 10.2 Å². The maximum Gasteiger partial charge on any atom is 0.0459 e. The Morgan fingerprint density at radius 2 is 1.31 bits per heavy atom. The summed E-state index contributed by atoms with van der Waals surface area (Å²) in [5, 5.41) is 17.9. The maximum absolute atomic E-state index is 9.20. The summed E-state index contributed by atoms with van der Waals surface area (Å²) in [7, 11) is 0. The van der Waals surface area contributed by atoms with E-state index in [9.17, 15) is 5.11 Å². The summed E-state index contributed by atoms with van der Waals surface area (Å²) in [4.78, 5) is 0. The van der Waals surface area contributed by atoms with Crippen LogP contribution >= 0.6 is 0 Å². The molecule has 0 heterocycles. The van der Waals surface area contributed by atoms with Gasteiger partial charge in [0, 0.05) is 13.2 Å². The summed E-state index contributed by atoms with van der Waals surface area (Å²) < 4.78 is 0. The summed E-state index contributed by atoms with van der Waals surface area (Å²) in [6.45, 7) is 2.85. The highest BCUT2D eigenvalue weighted by Crippen LogP contribution is 2.17. The van der Waals surface area contributed by atoms with Crippen LogP contribution in [0.15, 0.2) is 0 Å². The van der Waals surface area contributed by atoms with Crippen LogP contribution in [-0.2, 0) is 0 Å². The van der Waals surface area contributed by atoms with E-state index in [1.54, 1.807) is 0 Å². The number of aliphatic hydroxyl groups excluding tert-OH is 2. The molecule has 0 saturated heterocycles. The fourth-order valence-corrected chi connectivity index (χ4v) is 2.09. The highest BCUT2D eigenvalue weighted by molar-refractivity contribution is 4.58. The first-order valence-corrected chi connectivity index (χ1v) is 7.06. The molecule has 1 atom stereocenters. The molecule has 0 rings (SSSR count). The molecular formula is C14H30O2. The van der Waals surface area contributed by atoms with Crippen LogP contribution in [0.3, 0.4) is 0 Å². The first-order chi connectivity index (χ1) is 7.85. The lowest BCUT2D eigenvalue weighted by Crippen LogP contribution is -2.06. The van der Waals surface area contributed by atoms with Crippen LogP contribution in [-0.4, -0.2) is 23.4 Å². The largest absolute Gasteiger partial charge is 0.396 e. The predicted molar refractivity (Wildman–Crippen MR) is 69.5 cm³/mol. The highest BCUT2D eigenvalue weighted by Gasteiger charge is 2.06. The Morgan fingerprint density at radius 1 is 0.750 bits per heavy atom. The highest BCUT2D eigenvalue weighted by atomic mass is 16.3. The topological polar surface area (TPSA) is 40.5 Å². The second-order valence-electron chi connectivity index (χ2n) is 4.82. The third kappa shape index (κ3) is 10.4. The maximum atomic E-state index is 9.20. The quantitative estimate of drug-likeness (QED) is 0.504. The monoisotopic (exact) mass is 230 g/mol. The Balaban J connectivity index is 3.26. The number of hydrogen-bond acceptors (Lipinski definition) is 2. The van der Waals surface area contributed by atoms with Crippen LogP contribution in [0.4, 0.5) is 0 Å². The van der Waals surface area contributed by atoms with Crippen molar-refractivity contribution in [1.82, 2.24) is 0 Å². The molecule has 0 spiro atoms. The van der Waals surface area contributed by atoms with Crippen LogP contribution in [0.1, 0.15) is 71.1 Å². The zero-order valence-electron chi connectivity index (χ0n) is 11.0. The van der Waals surface area contributed by atoms with E-state index in [1.165, 1.54) is 38.5 Å². The molecule has 2 nitrogen and oxygen atoms in total. The third-order valence-electron chi connectivity index (χ3n) is 3.24. The molecule has 2 N–H and O–H groups in total. The van der Waals surface area contributed by atoms with Gasteiger partial charge in [0.05, 0.1) is 0 Å². The van der Waals surface area contributed by atoms with E-state index in [0.717, 1.165) is 25.7 Å². The van der Waals surface area contributed by atoms with Gasteiger partial charge in [-0.1, -0.05) is 51.9 Å². The summed E-state index contributed by atoms with van der Waals surface area (Å²) >= 11 is 0. The van der Waals surface area contributed by atoms with Crippen molar-refractivity contribution in [2.24, 2.45) is 5.92 Å². The average Bonchev–Trinajstić information content (AvgIpc) is 2.31. The van der Waals surface area contributed by atoms with Gasteiger partial charge in [-0.05, 0) is 25.2 Å². The Morgan fingerprint density at radius 3 is 1.88 bits per heavy atom. The van der Waals surface area contributed by atoms with Crippen molar-refractivity contribution < 1.29 is 10.2 Å². The lowest BCUT2D eigenvalue weighted by atomic mass is 9.96. The van der Waals surface area contributed by atoms with Gasteiger partial charge in [-0.2, -0.15) is 0 Å². The lowest BCUT2D eigenvalue weighted by Gasteiger charge is -2.13. The normalized spacial score (nSPS) is 12.9. The van der Waals surface area contributed by atoms with E-state index in [1.807, 2.05) is 0 Å². The fourth-order valence-electron chi connectivity index (χ4n) is 2.09. The minimum absolute atomic E-state index is 0.287. The van der Waals surface area contributed by atoms with Crippen molar-refractivity contribution in [1.29, 1.82) is 0 Å². The Kier molecular flexibility index (Phi) is 12.9. The second-order valence-corrected chi connectivity index (χ2v) is 4.82. The van der Waals surface area contributed by atoms with Crippen molar-refractivity contribution in [3.05, 3.63) is 0 Å². The van der Waals surface area contributed by atoms with Crippen molar-refractivity contribution in [3.63, 3.8) is 0 Å². The summed E-state index contributed by atoms with van der Waals surface area (Å²) in [6, 6.07) is 0. The molecule has 0 aliphatic heterocycles. The van der Waals surface area contributed by atoms with Gasteiger partial charge in [0.1, 0.15) is 0 Å². The van der Waals surface area contributed by atoms with E-state index in [0.29, 0.717) is 12.5 Å². The minimum Gasteiger partial charge on any atom is -0.396 e. The summed E-state index contributed by atoms with van der Waals surface area (Å²) in [5.41, 5.74) is 0. The molecule has 0 saturated carbocycles. The minimum atomic E-state index is 0.287. The first kappa shape index (κ1) is 15.9. The SMILES string of the molecule is CCCCCCCCC(CO)CCCCO. The molecule has 0 bridgehead atoms. The van der Waals surface area contributed by atoms with Gasteiger partial charge in [-0.25, -0.2) is 0 Å². The molecular weight excluding hydrogens is 200 g/mol. The van der Waals surface area contributed by atoms with Crippen molar-refractivity contribution in [3.8, 4) is 0 Å². The van der Waals surface area contributed by atoms with Crippen LogP contribution in [0.25, 0.3) is 0 Å². The fraction of sp³-hybridized carbons (Fsp3) is 1.00. The van der Waals surface area contributed by atoms with Gasteiger partial charge in [0.25, 0.3) is 0 Å². The van der Waals surface area contributed by atoms with Crippen LogP contribution < -0.4 is 0 Å². The van der Waals surface area contributed by atoms with Crippen LogP contribution in [0.2, 0.25) is 0 Å². The molecule has 16 heavy (non-hydrogen) atoms. The van der Waals surface area contributed by atoms with E-state index >= 15 is 0 Å². The van der Waals surface area contributed by atoms with E-state index in [4.69, 9.17) is 5.11 Å². The Hall–Kier alpha value is -0.0800. The van der Waals surface area contributed by atoms with Crippen molar-refractivity contribution in [2.45, 2.75) is 71.1 Å². The molecule has 0 aromatic carbocycles. The molecule has 0 fully saturated rings. The third-order valence-corrected chi connectivity index (χ3v) is 3.24. The molecule has 0 aromatic heterocycles. The molecule has 2 heteroatoms. The smallest absolute Gasteiger partial charge is 0.0459 e. The standard InChI is InChI=1S/C14H30O2/c1-2-3-4-5-6-7-10-14(13-16)11-8-9-12-15/h14-16H,2-13H2,1H3. The van der Waals surface area contributed by atoms with Crippen LogP contribution in [0.5, 0.6) is 0 Å². The summed E-state index contributed by atoms with van der Waals surface area (Å²) in [6.07, 6.45) is 12.1. The zero-order valence-corrected chi connectivity index (χ0v) is 11.0. The number of unbranched alkanes of at least 4 members (excludes halogenated alkanes) is 6. The van der Waals surface area contributed by atoms with Crippen molar-refractivity contribution in [2.75, 3.05) is 13.2 Å². The van der Waals surface area contributed by atoms with Crippen LogP contribution in [0, 0.1) is 5.92 Å². The first-order valence-electron chi connectivity index (χ1n) is 7.06. The number of rotatable bonds is 12. The lowest BCUT2D eigenvalue weighted by molar-refractivity contribution is 0.199. The van der Waals surface area contributed by atoms with Gasteiger partial charge in [0.15, 0.2) is 0 Å². The van der Waals surface area contributed by atoms with Gasteiger partial charge >= 0.3 is 0 Å². The van der Waals surface area contributed by atoms with Gasteiger partial charge in [0.2, 0.25) is 0 Å². The molecule has 0 radical (unpaired) electrons. The number of hydrogen-bond donors (Lipinski definition) is 2. The van der Waals surface area contributed by atoms with E-state index in [-0.39, 0.29) is 6.61 Å². The van der Waals surface area contributed by atoms with Gasteiger partial charge in [-0.15, -0.1) is 0 Å². The zero-order chi connectivity index (χ0) is 12.1. The molecule has 0 aliphatic carbocycles. The molecule has 98 valence electrons. The number of aliphatic hydroxyl groups is 2. The van der Waals surface area contributed by atoms with E-state index in [2.05, 4.69) is 6.92 Å². The second kappa shape index (κ2) is 13.0. The molecule has 0 amide bonds. The van der Waals surface area contributed by atoms with Crippen molar-refractivity contribution >= 4 is 0 Å². The van der Waals surface area contributed by atoms with Gasteiger partial charge in [-0.3, -0.25) is 0 Å². The predicted octanol–water partition coefficient (Wildman–Crippen LogP) is 3.51. The molecule has 1 unspecified atom stereocenters. The average molecular weight is 230 g/mol. The molecule has 0 aromatic rings. The Bertz CT molecular complexity index is 126. The Labute approximate surface area is 101 Å². The summed E-state index contributed by atoms with van der Waals surface area (Å²) in [5.74, 6) is 0.470. The molecule has 0 aliphatic rings.